The highest BCUT2D eigenvalue weighted by atomic mass is 127. The molecule has 0 bridgehead atoms. The number of rotatable bonds is 2. The van der Waals surface area contributed by atoms with Crippen molar-refractivity contribution in [2.45, 2.75) is 24.5 Å². The predicted molar refractivity (Wildman–Crippen MR) is 84.4 cm³/mol. The maximum atomic E-state index is 10.1. The second kappa shape index (κ2) is 5.30. The summed E-state index contributed by atoms with van der Waals surface area (Å²) in [7, 11) is 0. The van der Waals surface area contributed by atoms with Crippen LogP contribution in [0.4, 0.5) is 5.82 Å². The van der Waals surface area contributed by atoms with E-state index in [0.717, 1.165) is 3.57 Å². The van der Waals surface area contributed by atoms with Gasteiger partial charge in [-0.2, -0.15) is 12.6 Å². The molecular formula is C11H13IN4O3S. The summed E-state index contributed by atoms with van der Waals surface area (Å²) < 4.78 is 8.19. The number of aromatic nitrogens is 3. The summed E-state index contributed by atoms with van der Waals surface area (Å²) in [6, 6.07) is 0. The van der Waals surface area contributed by atoms with E-state index < -0.39 is 24.5 Å². The number of hydrogen-bond acceptors (Lipinski definition) is 7. The van der Waals surface area contributed by atoms with Crippen LogP contribution in [0.3, 0.4) is 0 Å². The monoisotopic (exact) mass is 408 g/mol. The fourth-order valence-corrected chi connectivity index (χ4v) is 3.49. The molecule has 3 heterocycles. The van der Waals surface area contributed by atoms with Gasteiger partial charge in [0.15, 0.2) is 6.23 Å². The summed E-state index contributed by atoms with van der Waals surface area (Å²) in [6.07, 6.45) is -0.132. The molecule has 7 nitrogen and oxygen atoms in total. The van der Waals surface area contributed by atoms with E-state index in [1.807, 2.05) is 0 Å². The van der Waals surface area contributed by atoms with Crippen LogP contribution in [0.15, 0.2) is 12.5 Å². The number of halogens is 1. The van der Waals surface area contributed by atoms with Gasteiger partial charge in [0.25, 0.3) is 0 Å². The first-order valence-electron chi connectivity index (χ1n) is 5.93. The van der Waals surface area contributed by atoms with Crippen molar-refractivity contribution < 1.29 is 14.9 Å². The third-order valence-corrected chi connectivity index (χ3v) is 4.56. The summed E-state index contributed by atoms with van der Waals surface area (Å²) in [5, 5.41) is 20.8. The van der Waals surface area contributed by atoms with Crippen LogP contribution in [0.2, 0.25) is 0 Å². The lowest BCUT2D eigenvalue weighted by atomic mass is 10.1. The fraction of sp³-hybridized carbons (Fsp3) is 0.455. The zero-order chi connectivity index (χ0) is 14.4. The summed E-state index contributed by atoms with van der Waals surface area (Å²) in [6.45, 7) is 0. The smallest absolute Gasteiger partial charge is 0.164 e. The van der Waals surface area contributed by atoms with Crippen LogP contribution in [-0.2, 0) is 4.74 Å². The molecule has 0 unspecified atom stereocenters. The van der Waals surface area contributed by atoms with Gasteiger partial charge in [0.05, 0.1) is 11.5 Å². The summed E-state index contributed by atoms with van der Waals surface area (Å²) in [4.78, 5) is 8.15. The van der Waals surface area contributed by atoms with E-state index in [1.54, 1.807) is 10.8 Å². The molecule has 0 aromatic carbocycles. The summed E-state index contributed by atoms with van der Waals surface area (Å²) >= 11 is 6.23. The Labute approximate surface area is 133 Å². The number of fused-ring (bicyclic) bond motifs is 1. The lowest BCUT2D eigenvalue weighted by Gasteiger charge is -2.17. The van der Waals surface area contributed by atoms with Crippen LogP contribution in [0, 0.1) is 3.57 Å². The Morgan fingerprint density at radius 3 is 2.80 bits per heavy atom. The molecule has 1 saturated heterocycles. The van der Waals surface area contributed by atoms with Gasteiger partial charge in [0, 0.05) is 15.5 Å². The minimum absolute atomic E-state index is 0.322. The Balaban J connectivity index is 2.10. The number of nitrogens with zero attached hydrogens (tertiary/aromatic N) is 3. The molecule has 1 aliphatic heterocycles. The van der Waals surface area contributed by atoms with Gasteiger partial charge < -0.3 is 25.3 Å². The van der Waals surface area contributed by atoms with Gasteiger partial charge in [-0.05, 0) is 22.6 Å². The molecule has 1 fully saturated rings. The zero-order valence-electron chi connectivity index (χ0n) is 10.2. The zero-order valence-corrected chi connectivity index (χ0v) is 13.3. The van der Waals surface area contributed by atoms with Crippen LogP contribution in [0.1, 0.15) is 6.23 Å². The average Bonchev–Trinajstić information content (AvgIpc) is 2.90. The van der Waals surface area contributed by atoms with Crippen molar-refractivity contribution >= 4 is 52.1 Å². The minimum Gasteiger partial charge on any atom is -0.387 e. The van der Waals surface area contributed by atoms with Crippen LogP contribution >= 0.6 is 35.2 Å². The van der Waals surface area contributed by atoms with E-state index >= 15 is 0 Å². The van der Waals surface area contributed by atoms with Crippen molar-refractivity contribution in [1.82, 2.24) is 14.5 Å². The summed E-state index contributed by atoms with van der Waals surface area (Å²) in [5.74, 6) is 0.694. The molecule has 0 amide bonds. The number of aliphatic hydroxyl groups excluding tert-OH is 2. The van der Waals surface area contributed by atoms with Crippen molar-refractivity contribution in [1.29, 1.82) is 0 Å². The van der Waals surface area contributed by atoms with Gasteiger partial charge in [-0.15, -0.1) is 0 Å². The summed E-state index contributed by atoms with van der Waals surface area (Å²) in [5.41, 5.74) is 6.42. The number of anilines is 1. The first-order chi connectivity index (χ1) is 9.54. The highest BCUT2D eigenvalue weighted by Crippen LogP contribution is 2.35. The fourth-order valence-electron chi connectivity index (χ4n) is 2.37. The normalized spacial score (nSPS) is 30.2. The molecule has 2 aromatic rings. The highest BCUT2D eigenvalue weighted by molar-refractivity contribution is 14.1. The van der Waals surface area contributed by atoms with E-state index in [4.69, 9.17) is 10.5 Å². The molecule has 1 aliphatic rings. The first-order valence-corrected chi connectivity index (χ1v) is 7.64. The van der Waals surface area contributed by atoms with Crippen LogP contribution in [0.5, 0.6) is 0 Å². The Bertz CT molecular complexity index is 652. The van der Waals surface area contributed by atoms with Gasteiger partial charge >= 0.3 is 0 Å². The minimum atomic E-state index is -1.05. The van der Waals surface area contributed by atoms with Gasteiger partial charge in [-0.3, -0.25) is 0 Å². The molecule has 0 saturated carbocycles. The molecule has 9 heteroatoms. The quantitative estimate of drug-likeness (QED) is 0.417. The molecule has 0 aliphatic carbocycles. The Hall–Kier alpha value is -0.620. The number of hydrogen-bond donors (Lipinski definition) is 4. The second-order valence-corrected chi connectivity index (χ2v) is 6.10. The third-order valence-electron chi connectivity index (χ3n) is 3.38. The lowest BCUT2D eigenvalue weighted by Crippen LogP contribution is -2.32. The van der Waals surface area contributed by atoms with Crippen molar-refractivity contribution in [2.24, 2.45) is 0 Å². The topological polar surface area (TPSA) is 106 Å². The first kappa shape index (κ1) is 14.3. The van der Waals surface area contributed by atoms with Gasteiger partial charge in [0.1, 0.15) is 30.0 Å². The molecule has 0 radical (unpaired) electrons. The van der Waals surface area contributed by atoms with Crippen LogP contribution in [-0.4, -0.2) is 48.8 Å². The van der Waals surface area contributed by atoms with Gasteiger partial charge in [-0.25, -0.2) is 9.97 Å². The molecule has 4 N–H and O–H groups in total. The maximum absolute atomic E-state index is 10.1. The molecule has 4 atom stereocenters. The number of nitrogen functional groups attached to an aromatic ring is 1. The van der Waals surface area contributed by atoms with E-state index in [-0.39, 0.29) is 0 Å². The maximum Gasteiger partial charge on any atom is 0.164 e. The van der Waals surface area contributed by atoms with Crippen molar-refractivity contribution in [3.8, 4) is 0 Å². The van der Waals surface area contributed by atoms with E-state index in [1.165, 1.54) is 6.33 Å². The standard InChI is InChI=1S/C11H13IN4O3S/c12-4-1-16(10-6(4)9(13)14-3-15-10)11-8(18)7(17)5(2-20)19-11/h1,3,5,7-8,11,17-18,20H,2H2,(H2,13,14,15)/t5-,7-,8-,11-/m1/s1. The average molecular weight is 408 g/mol. The molecule has 3 rings (SSSR count). The molecule has 20 heavy (non-hydrogen) atoms. The lowest BCUT2D eigenvalue weighted by molar-refractivity contribution is -0.0285. The van der Waals surface area contributed by atoms with E-state index in [0.29, 0.717) is 22.6 Å². The Morgan fingerprint density at radius 1 is 1.40 bits per heavy atom. The Kier molecular flexibility index (Phi) is 3.79. The Morgan fingerprint density at radius 2 is 2.15 bits per heavy atom. The van der Waals surface area contributed by atoms with Crippen molar-refractivity contribution in [2.75, 3.05) is 11.5 Å². The van der Waals surface area contributed by atoms with Crippen molar-refractivity contribution in [3.63, 3.8) is 0 Å². The molecule has 108 valence electrons. The largest absolute Gasteiger partial charge is 0.387 e. The van der Waals surface area contributed by atoms with Crippen molar-refractivity contribution in [3.05, 3.63) is 16.1 Å². The van der Waals surface area contributed by atoms with Gasteiger partial charge in [0.2, 0.25) is 0 Å². The SMILES string of the molecule is Nc1ncnc2c1c(I)cn2[C@@H]1O[C@H](CS)[C@@H](O)[C@H]1O. The third kappa shape index (κ3) is 2.08. The van der Waals surface area contributed by atoms with Crippen LogP contribution < -0.4 is 5.73 Å². The molecular weight excluding hydrogens is 395 g/mol. The van der Waals surface area contributed by atoms with E-state index in [9.17, 15) is 10.2 Å². The highest BCUT2D eigenvalue weighted by Gasteiger charge is 2.43. The predicted octanol–water partition coefficient (Wildman–Crippen LogP) is 0.167. The van der Waals surface area contributed by atoms with Gasteiger partial charge in [-0.1, -0.05) is 0 Å². The number of thiol groups is 1. The van der Waals surface area contributed by atoms with Crippen LogP contribution in [0.25, 0.3) is 11.0 Å². The number of ether oxygens (including phenoxy) is 1. The number of aliphatic hydroxyl groups is 2. The second-order valence-electron chi connectivity index (χ2n) is 4.57. The molecule has 2 aromatic heterocycles. The van der Waals surface area contributed by atoms with E-state index in [2.05, 4.69) is 45.2 Å². The molecule has 0 spiro atoms. The number of nitrogens with two attached hydrogens (primary N) is 1.